The fraction of sp³-hybridized carbons (Fsp3) is 0.417. The third-order valence-electron chi connectivity index (χ3n) is 3.11. The molecule has 1 heterocycles. The van der Waals surface area contributed by atoms with E-state index in [2.05, 4.69) is 10.6 Å². The first kappa shape index (κ1) is 11.8. The lowest BCUT2D eigenvalue weighted by Crippen LogP contribution is -2.43. The second-order valence-corrected chi connectivity index (χ2v) is 4.31. The van der Waals surface area contributed by atoms with Gasteiger partial charge in [-0.25, -0.2) is 8.78 Å². The molecule has 0 fully saturated rings. The van der Waals surface area contributed by atoms with E-state index in [1.54, 1.807) is 0 Å². The van der Waals surface area contributed by atoms with E-state index in [0.29, 0.717) is 5.69 Å². The highest BCUT2D eigenvalue weighted by molar-refractivity contribution is 6.03. The van der Waals surface area contributed by atoms with Crippen LogP contribution in [0, 0.1) is 17.6 Å². The maximum atomic E-state index is 13.4. The highest BCUT2D eigenvalue weighted by atomic mass is 19.1. The molecule has 2 N–H and O–H groups in total. The van der Waals surface area contributed by atoms with Crippen LogP contribution in [0.4, 0.5) is 20.2 Å². The Morgan fingerprint density at radius 2 is 2.12 bits per heavy atom. The van der Waals surface area contributed by atoms with Gasteiger partial charge in [0.05, 0.1) is 5.69 Å². The van der Waals surface area contributed by atoms with Gasteiger partial charge in [0, 0.05) is 6.07 Å². The topological polar surface area (TPSA) is 41.1 Å². The van der Waals surface area contributed by atoms with Gasteiger partial charge >= 0.3 is 0 Å². The van der Waals surface area contributed by atoms with Crippen LogP contribution in [0.25, 0.3) is 0 Å². The van der Waals surface area contributed by atoms with Crippen molar-refractivity contribution in [1.29, 1.82) is 0 Å². The quantitative estimate of drug-likeness (QED) is 0.834. The predicted molar refractivity (Wildman–Crippen MR) is 61.9 cm³/mol. The van der Waals surface area contributed by atoms with Crippen molar-refractivity contribution in [2.75, 3.05) is 10.6 Å². The molecule has 2 rings (SSSR count). The smallest absolute Gasteiger partial charge is 0.247 e. The Labute approximate surface area is 98.2 Å². The van der Waals surface area contributed by atoms with E-state index in [9.17, 15) is 13.6 Å². The molecule has 3 nitrogen and oxygen atoms in total. The van der Waals surface area contributed by atoms with Crippen LogP contribution in [0.5, 0.6) is 0 Å². The molecule has 5 heteroatoms. The lowest BCUT2D eigenvalue weighted by molar-refractivity contribution is -0.118. The number of hydrogen-bond donors (Lipinski definition) is 2. The minimum atomic E-state index is -0.761. The van der Waals surface area contributed by atoms with E-state index >= 15 is 0 Å². The Bertz CT molecular complexity index is 462. The van der Waals surface area contributed by atoms with E-state index in [-0.39, 0.29) is 17.5 Å². The van der Waals surface area contributed by atoms with Crippen LogP contribution in [-0.4, -0.2) is 11.9 Å². The molecule has 1 amide bonds. The molecular formula is C12H14F2N2O. The normalized spacial score (nSPS) is 20.2. The summed E-state index contributed by atoms with van der Waals surface area (Å²) in [7, 11) is 0. The number of carbonyl (C=O) groups is 1. The number of rotatable bonds is 2. The lowest BCUT2D eigenvalue weighted by Gasteiger charge is -2.30. The number of fused-ring (bicyclic) bond motifs is 1. The molecule has 1 aromatic rings. The zero-order valence-electron chi connectivity index (χ0n) is 9.68. The van der Waals surface area contributed by atoms with Crippen LogP contribution in [0.3, 0.4) is 0 Å². The summed E-state index contributed by atoms with van der Waals surface area (Å²) in [5, 5.41) is 5.36. The van der Waals surface area contributed by atoms with E-state index < -0.39 is 17.7 Å². The highest BCUT2D eigenvalue weighted by Gasteiger charge is 2.31. The molecule has 0 saturated carbocycles. The summed E-state index contributed by atoms with van der Waals surface area (Å²) in [4.78, 5) is 11.8. The van der Waals surface area contributed by atoms with Gasteiger partial charge in [-0.2, -0.15) is 0 Å². The Kier molecular flexibility index (Phi) is 3.00. The van der Waals surface area contributed by atoms with Gasteiger partial charge in [0.1, 0.15) is 17.5 Å². The minimum absolute atomic E-state index is 0.0240. The third kappa shape index (κ3) is 2.09. The van der Waals surface area contributed by atoms with E-state index in [1.807, 2.05) is 13.8 Å². The summed E-state index contributed by atoms with van der Waals surface area (Å²) in [5.41, 5.74) is 0.323. The second kappa shape index (κ2) is 4.31. The van der Waals surface area contributed by atoms with Crippen molar-refractivity contribution in [2.24, 2.45) is 5.92 Å². The number of amides is 1. The Balaban J connectivity index is 2.37. The van der Waals surface area contributed by atoms with Gasteiger partial charge in [-0.1, -0.05) is 20.3 Å². The molecule has 2 atom stereocenters. The number of anilines is 2. The van der Waals surface area contributed by atoms with Crippen LogP contribution >= 0.6 is 0 Å². The zero-order valence-corrected chi connectivity index (χ0v) is 9.68. The number of carbonyl (C=O) groups excluding carboxylic acids is 1. The van der Waals surface area contributed by atoms with Crippen molar-refractivity contribution in [3.8, 4) is 0 Å². The predicted octanol–water partition coefficient (Wildman–Crippen LogP) is 2.74. The van der Waals surface area contributed by atoms with Gasteiger partial charge in [0.25, 0.3) is 0 Å². The fourth-order valence-electron chi connectivity index (χ4n) is 1.88. The minimum Gasteiger partial charge on any atom is -0.372 e. The summed E-state index contributed by atoms with van der Waals surface area (Å²) in [6, 6.07) is 1.49. The molecule has 92 valence electrons. The summed E-state index contributed by atoms with van der Waals surface area (Å²) in [6.45, 7) is 3.87. The first-order valence-corrected chi connectivity index (χ1v) is 5.59. The monoisotopic (exact) mass is 240 g/mol. The standard InChI is InChI=1S/C12H14F2N2O/c1-3-6(2)10-12(17)16-11-8(14)4-7(13)5-9(11)15-10/h4-6,10,15H,3H2,1-2H3,(H,16,17). The molecule has 0 aromatic heterocycles. The van der Waals surface area contributed by atoms with Gasteiger partial charge in [-0.15, -0.1) is 0 Å². The average Bonchev–Trinajstić information content (AvgIpc) is 2.28. The van der Waals surface area contributed by atoms with Crippen LogP contribution in [0.2, 0.25) is 0 Å². The number of nitrogens with one attached hydrogen (secondary N) is 2. The maximum Gasteiger partial charge on any atom is 0.247 e. The first-order chi connectivity index (χ1) is 8.02. The van der Waals surface area contributed by atoms with Gasteiger partial charge in [-0.3, -0.25) is 4.79 Å². The largest absolute Gasteiger partial charge is 0.372 e. The average molecular weight is 240 g/mol. The molecule has 2 unspecified atom stereocenters. The van der Waals surface area contributed by atoms with Crippen molar-refractivity contribution in [2.45, 2.75) is 26.3 Å². The fourth-order valence-corrected chi connectivity index (χ4v) is 1.88. The summed E-state index contributed by atoms with van der Waals surface area (Å²) >= 11 is 0. The molecule has 1 aliphatic rings. The Morgan fingerprint density at radius 3 is 2.76 bits per heavy atom. The van der Waals surface area contributed by atoms with Gasteiger partial charge in [0.15, 0.2) is 5.82 Å². The Morgan fingerprint density at radius 1 is 1.41 bits per heavy atom. The summed E-state index contributed by atoms with van der Waals surface area (Å²) in [6.07, 6.45) is 0.804. The van der Waals surface area contributed by atoms with Gasteiger partial charge < -0.3 is 10.6 Å². The molecule has 0 spiro atoms. The van der Waals surface area contributed by atoms with Crippen LogP contribution < -0.4 is 10.6 Å². The number of benzene rings is 1. The van der Waals surface area contributed by atoms with Crippen molar-refractivity contribution in [3.05, 3.63) is 23.8 Å². The lowest BCUT2D eigenvalue weighted by atomic mass is 9.96. The molecule has 1 aromatic carbocycles. The van der Waals surface area contributed by atoms with Gasteiger partial charge in [0.2, 0.25) is 5.91 Å². The zero-order chi connectivity index (χ0) is 12.6. The third-order valence-corrected chi connectivity index (χ3v) is 3.11. The molecule has 0 bridgehead atoms. The maximum absolute atomic E-state index is 13.4. The van der Waals surface area contributed by atoms with Crippen LogP contribution in [0.15, 0.2) is 12.1 Å². The van der Waals surface area contributed by atoms with Gasteiger partial charge in [-0.05, 0) is 12.0 Å². The summed E-state index contributed by atoms with van der Waals surface area (Å²) < 4.78 is 26.5. The second-order valence-electron chi connectivity index (χ2n) is 4.31. The molecular weight excluding hydrogens is 226 g/mol. The Hall–Kier alpha value is -1.65. The highest BCUT2D eigenvalue weighted by Crippen LogP contribution is 2.32. The number of hydrogen-bond acceptors (Lipinski definition) is 2. The van der Waals surface area contributed by atoms with Crippen LogP contribution in [-0.2, 0) is 4.79 Å². The van der Waals surface area contributed by atoms with Crippen molar-refractivity contribution >= 4 is 17.3 Å². The SMILES string of the molecule is CCC(C)C1Nc2cc(F)cc(F)c2NC1=O. The number of halogens is 2. The molecule has 0 radical (unpaired) electrons. The first-order valence-electron chi connectivity index (χ1n) is 5.59. The molecule has 1 aliphatic heterocycles. The van der Waals surface area contributed by atoms with Crippen molar-refractivity contribution in [1.82, 2.24) is 0 Å². The summed E-state index contributed by atoms with van der Waals surface area (Å²) in [5.74, 6) is -1.61. The van der Waals surface area contributed by atoms with Crippen LogP contribution in [0.1, 0.15) is 20.3 Å². The molecule has 17 heavy (non-hydrogen) atoms. The molecule has 0 saturated heterocycles. The van der Waals surface area contributed by atoms with Crippen molar-refractivity contribution < 1.29 is 13.6 Å². The molecule has 0 aliphatic carbocycles. The van der Waals surface area contributed by atoms with Crippen molar-refractivity contribution in [3.63, 3.8) is 0 Å². The van der Waals surface area contributed by atoms with E-state index in [0.717, 1.165) is 12.5 Å². The van der Waals surface area contributed by atoms with E-state index in [1.165, 1.54) is 6.07 Å². The van der Waals surface area contributed by atoms with E-state index in [4.69, 9.17) is 0 Å².